The van der Waals surface area contributed by atoms with Gasteiger partial charge in [-0.2, -0.15) is 5.10 Å². The number of hydrogen-bond donors (Lipinski definition) is 4. The van der Waals surface area contributed by atoms with Gasteiger partial charge in [0, 0.05) is 56.3 Å². The largest absolute Gasteiger partial charge is 0.445 e. The average molecular weight is 648 g/mol. The molecular formula is C33H41N7O5S. The molecule has 0 radical (unpaired) electrons. The van der Waals surface area contributed by atoms with Crippen LogP contribution in [0.15, 0.2) is 60.9 Å². The Kier molecular flexibility index (Phi) is 11.7. The first-order valence-electron chi connectivity index (χ1n) is 15.6. The van der Waals surface area contributed by atoms with Crippen molar-refractivity contribution < 1.29 is 24.2 Å². The van der Waals surface area contributed by atoms with E-state index in [2.05, 4.69) is 37.9 Å². The van der Waals surface area contributed by atoms with Crippen molar-refractivity contribution in [2.75, 3.05) is 37.4 Å². The molecule has 4 N–H and O–H groups in total. The van der Waals surface area contributed by atoms with Gasteiger partial charge in [-0.15, -0.1) is 0 Å². The molecule has 1 aliphatic rings. The van der Waals surface area contributed by atoms with Gasteiger partial charge < -0.3 is 25.2 Å². The number of carbonyl (C=O) groups is 2. The van der Waals surface area contributed by atoms with Gasteiger partial charge in [0.05, 0.1) is 30.3 Å². The summed E-state index contributed by atoms with van der Waals surface area (Å²) < 4.78 is 13.2. The van der Waals surface area contributed by atoms with Crippen molar-refractivity contribution in [3.8, 4) is 16.5 Å². The van der Waals surface area contributed by atoms with Gasteiger partial charge in [-0.3, -0.25) is 15.0 Å². The molecule has 12 nitrogen and oxygen atoms in total. The Morgan fingerprint density at radius 3 is 2.63 bits per heavy atom. The number of aromatic nitrogens is 3. The molecule has 0 bridgehead atoms. The van der Waals surface area contributed by atoms with Crippen molar-refractivity contribution in [3.63, 3.8) is 0 Å². The van der Waals surface area contributed by atoms with Gasteiger partial charge in [0.2, 0.25) is 5.06 Å². The molecule has 46 heavy (non-hydrogen) atoms. The van der Waals surface area contributed by atoms with Crippen molar-refractivity contribution >= 4 is 34.1 Å². The number of benzene rings is 2. The molecule has 244 valence electrons. The molecule has 0 saturated carbocycles. The first-order chi connectivity index (χ1) is 22.4. The van der Waals surface area contributed by atoms with Crippen LogP contribution in [0.2, 0.25) is 0 Å². The minimum atomic E-state index is -0.288. The molecule has 3 heterocycles. The van der Waals surface area contributed by atoms with Crippen LogP contribution < -0.4 is 20.7 Å². The van der Waals surface area contributed by atoms with Crippen LogP contribution >= 0.6 is 11.3 Å². The molecule has 3 amide bonds. The quantitative estimate of drug-likeness (QED) is 0.126. The lowest BCUT2D eigenvalue weighted by Gasteiger charge is -2.28. The standard InChI is InChI=1S/C33H41N7O5S/c1-3-4-5-15-34-32(43)36-25-8-11-29(24(19-25)22-44-2)45-30-20-35-33(46-30)37-31(42)23-6-9-27(10-7-23)40-18-12-26(38-40)21-39-16-13-28(41)14-17-39/h6-12,18-20,28,41H,3-5,13-17,21-22H2,1-2H3,(H2,34,36,43)(H,35,37,42). The average Bonchev–Trinajstić information content (AvgIpc) is 3.71. The van der Waals surface area contributed by atoms with Crippen molar-refractivity contribution in [2.45, 2.75) is 58.3 Å². The number of aliphatic hydroxyl groups is 1. The number of carbonyl (C=O) groups excluding carboxylic acids is 2. The molecular weight excluding hydrogens is 606 g/mol. The van der Waals surface area contributed by atoms with Gasteiger partial charge >= 0.3 is 6.03 Å². The number of likely N-dealkylation sites (tertiary alicyclic amines) is 1. The molecule has 2 aromatic carbocycles. The fourth-order valence-corrected chi connectivity index (χ4v) is 5.76. The lowest BCUT2D eigenvalue weighted by Crippen LogP contribution is -2.35. The minimum absolute atomic E-state index is 0.196. The summed E-state index contributed by atoms with van der Waals surface area (Å²) in [5.41, 5.74) is 3.68. The monoisotopic (exact) mass is 647 g/mol. The number of hydrogen-bond acceptors (Lipinski definition) is 9. The first kappa shape index (κ1) is 33.1. The van der Waals surface area contributed by atoms with Crippen molar-refractivity contribution in [3.05, 3.63) is 77.7 Å². The maximum absolute atomic E-state index is 13.0. The number of unbranched alkanes of at least 4 members (excludes halogenated alkanes) is 2. The summed E-state index contributed by atoms with van der Waals surface area (Å²) in [5.74, 6) is 0.272. The van der Waals surface area contributed by atoms with E-state index >= 15 is 0 Å². The van der Waals surface area contributed by atoms with E-state index in [0.717, 1.165) is 68.7 Å². The van der Waals surface area contributed by atoms with Crippen LogP contribution in [0.4, 0.5) is 15.6 Å². The van der Waals surface area contributed by atoms with Gasteiger partial charge in [0.1, 0.15) is 5.75 Å². The highest BCUT2D eigenvalue weighted by molar-refractivity contribution is 7.17. The molecule has 1 aliphatic heterocycles. The number of methoxy groups -OCH3 is 1. The zero-order valence-electron chi connectivity index (χ0n) is 26.2. The van der Waals surface area contributed by atoms with E-state index in [-0.39, 0.29) is 24.6 Å². The molecule has 2 aromatic heterocycles. The third kappa shape index (κ3) is 9.36. The maximum Gasteiger partial charge on any atom is 0.319 e. The second kappa shape index (κ2) is 16.3. The Hall–Kier alpha value is -4.30. The summed E-state index contributed by atoms with van der Waals surface area (Å²) in [6.45, 7) is 5.50. The van der Waals surface area contributed by atoms with Gasteiger partial charge in [-0.1, -0.05) is 31.1 Å². The van der Waals surface area contributed by atoms with E-state index in [1.807, 2.05) is 30.5 Å². The highest BCUT2D eigenvalue weighted by Gasteiger charge is 2.18. The molecule has 4 aromatic rings. The number of anilines is 2. The normalized spacial score (nSPS) is 13.8. The smallest absolute Gasteiger partial charge is 0.319 e. The summed E-state index contributed by atoms with van der Waals surface area (Å²) >= 11 is 1.20. The van der Waals surface area contributed by atoms with Crippen LogP contribution in [0.3, 0.4) is 0 Å². The lowest BCUT2D eigenvalue weighted by atomic mass is 10.1. The Bertz CT molecular complexity index is 1580. The molecule has 5 rings (SSSR count). The van der Waals surface area contributed by atoms with E-state index in [1.54, 1.807) is 42.3 Å². The Morgan fingerprint density at radius 2 is 1.87 bits per heavy atom. The molecule has 1 saturated heterocycles. The van der Waals surface area contributed by atoms with Crippen LogP contribution in [-0.4, -0.2) is 69.6 Å². The van der Waals surface area contributed by atoms with E-state index in [4.69, 9.17) is 9.47 Å². The number of piperidine rings is 1. The van der Waals surface area contributed by atoms with Gasteiger partial charge in [0.15, 0.2) is 5.13 Å². The lowest BCUT2D eigenvalue weighted by molar-refractivity contribution is 0.0786. The first-order valence-corrected chi connectivity index (χ1v) is 16.4. The molecule has 0 aliphatic carbocycles. The maximum atomic E-state index is 13.0. The third-order valence-electron chi connectivity index (χ3n) is 7.58. The molecule has 0 atom stereocenters. The molecule has 13 heteroatoms. The summed E-state index contributed by atoms with van der Waals surface area (Å²) in [4.78, 5) is 31.8. The minimum Gasteiger partial charge on any atom is -0.445 e. The number of ether oxygens (including phenoxy) is 2. The number of amides is 3. The second-order valence-electron chi connectivity index (χ2n) is 11.2. The second-order valence-corrected chi connectivity index (χ2v) is 12.2. The van der Waals surface area contributed by atoms with Gasteiger partial charge in [0.25, 0.3) is 5.91 Å². The zero-order valence-corrected chi connectivity index (χ0v) is 27.0. The fourth-order valence-electron chi connectivity index (χ4n) is 5.08. The topological polar surface area (TPSA) is 143 Å². The number of urea groups is 1. The van der Waals surface area contributed by atoms with Crippen LogP contribution in [0.5, 0.6) is 10.8 Å². The Balaban J connectivity index is 1.14. The van der Waals surface area contributed by atoms with Crippen LogP contribution in [0, 0.1) is 0 Å². The summed E-state index contributed by atoms with van der Waals surface area (Å²) in [7, 11) is 1.59. The molecule has 1 fully saturated rings. The fraction of sp³-hybridized carbons (Fsp3) is 0.394. The summed E-state index contributed by atoms with van der Waals surface area (Å²) in [6.07, 6.45) is 7.96. The van der Waals surface area contributed by atoms with Crippen LogP contribution in [0.1, 0.15) is 60.6 Å². The predicted molar refractivity (Wildman–Crippen MR) is 178 cm³/mol. The highest BCUT2D eigenvalue weighted by Crippen LogP contribution is 2.34. The molecule has 0 unspecified atom stereocenters. The zero-order chi connectivity index (χ0) is 32.3. The van der Waals surface area contributed by atoms with Gasteiger partial charge in [-0.25, -0.2) is 14.5 Å². The molecule has 0 spiro atoms. The van der Waals surface area contributed by atoms with E-state index in [1.165, 1.54) is 11.3 Å². The van der Waals surface area contributed by atoms with E-state index in [0.29, 0.717) is 33.7 Å². The SMILES string of the molecule is CCCCCNC(=O)Nc1ccc(Oc2cnc(NC(=O)c3ccc(-n4ccc(CN5CCC(O)CC5)n4)cc3)s2)c(COC)c1. The number of aliphatic hydroxyl groups excluding tert-OH is 1. The summed E-state index contributed by atoms with van der Waals surface area (Å²) in [5, 5.41) is 23.9. The Labute approximate surface area is 272 Å². The van der Waals surface area contributed by atoms with Crippen LogP contribution in [0.25, 0.3) is 5.69 Å². The third-order valence-corrected chi connectivity index (χ3v) is 8.37. The van der Waals surface area contributed by atoms with E-state index in [9.17, 15) is 14.7 Å². The van der Waals surface area contributed by atoms with E-state index < -0.39 is 0 Å². The number of nitrogens with one attached hydrogen (secondary N) is 3. The summed E-state index contributed by atoms with van der Waals surface area (Å²) in [6, 6.07) is 14.3. The highest BCUT2D eigenvalue weighted by atomic mass is 32.1. The Morgan fingerprint density at radius 1 is 1.07 bits per heavy atom. The van der Waals surface area contributed by atoms with Crippen molar-refractivity contribution in [2.24, 2.45) is 0 Å². The van der Waals surface area contributed by atoms with Crippen molar-refractivity contribution in [1.82, 2.24) is 25.0 Å². The number of nitrogens with zero attached hydrogens (tertiary/aromatic N) is 4. The van der Waals surface area contributed by atoms with Crippen LogP contribution in [-0.2, 0) is 17.9 Å². The predicted octanol–water partition coefficient (Wildman–Crippen LogP) is 5.79. The van der Waals surface area contributed by atoms with Crippen molar-refractivity contribution in [1.29, 1.82) is 0 Å². The number of rotatable bonds is 14. The number of thiazole rings is 1. The van der Waals surface area contributed by atoms with Gasteiger partial charge in [-0.05, 0) is 67.8 Å².